The van der Waals surface area contributed by atoms with Crippen LogP contribution in [0, 0.1) is 0 Å². The van der Waals surface area contributed by atoms with Crippen molar-refractivity contribution in [2.45, 2.75) is 135 Å². The highest BCUT2D eigenvalue weighted by Gasteiger charge is 2.14. The van der Waals surface area contributed by atoms with Crippen LogP contribution < -0.4 is 5.32 Å². The Hall–Kier alpha value is -0.830. The number of aliphatic hydroxyl groups is 1. The molecule has 0 unspecified atom stereocenters. The SMILES string of the molecule is CCCCCC[C@@H](O)C/C=C\CCCCCCCC(=O)NC1CCCCC1. The van der Waals surface area contributed by atoms with Crippen molar-refractivity contribution in [2.75, 3.05) is 0 Å². The van der Waals surface area contributed by atoms with Crippen LogP contribution in [0.25, 0.3) is 0 Å². The minimum Gasteiger partial charge on any atom is -0.393 e. The molecule has 3 heteroatoms. The number of unbranched alkanes of at least 4 members (excludes halogenated alkanes) is 8. The Bertz CT molecular complexity index is 375. The summed E-state index contributed by atoms with van der Waals surface area (Å²) in [6, 6.07) is 0.452. The van der Waals surface area contributed by atoms with Gasteiger partial charge in [-0.2, -0.15) is 0 Å². The van der Waals surface area contributed by atoms with Crippen molar-refractivity contribution in [1.29, 1.82) is 0 Å². The molecule has 0 heterocycles. The summed E-state index contributed by atoms with van der Waals surface area (Å²) in [7, 11) is 0. The summed E-state index contributed by atoms with van der Waals surface area (Å²) >= 11 is 0. The summed E-state index contributed by atoms with van der Waals surface area (Å²) in [6.07, 6.45) is 24.9. The predicted molar refractivity (Wildman–Crippen MR) is 116 cm³/mol. The van der Waals surface area contributed by atoms with Gasteiger partial charge in [-0.3, -0.25) is 4.79 Å². The molecule has 1 saturated carbocycles. The molecule has 0 bridgehead atoms. The fourth-order valence-corrected chi connectivity index (χ4v) is 3.92. The molecule has 0 aliphatic heterocycles. The second-order valence-corrected chi connectivity index (χ2v) is 8.42. The van der Waals surface area contributed by atoms with E-state index in [0.717, 1.165) is 38.5 Å². The van der Waals surface area contributed by atoms with Crippen molar-refractivity contribution >= 4 is 5.91 Å². The summed E-state index contributed by atoms with van der Waals surface area (Å²) < 4.78 is 0. The van der Waals surface area contributed by atoms with Crippen LogP contribution in [-0.4, -0.2) is 23.2 Å². The van der Waals surface area contributed by atoms with Gasteiger partial charge in [0.15, 0.2) is 0 Å². The maximum Gasteiger partial charge on any atom is 0.220 e. The number of nitrogens with one attached hydrogen (secondary N) is 1. The number of carbonyl (C=O) groups is 1. The van der Waals surface area contributed by atoms with Gasteiger partial charge in [-0.05, 0) is 44.9 Å². The van der Waals surface area contributed by atoms with Crippen LogP contribution in [0.4, 0.5) is 0 Å². The molecule has 27 heavy (non-hydrogen) atoms. The minimum absolute atomic E-state index is 0.155. The van der Waals surface area contributed by atoms with E-state index in [1.807, 2.05) is 0 Å². The van der Waals surface area contributed by atoms with Crippen LogP contribution in [0.1, 0.15) is 122 Å². The van der Waals surface area contributed by atoms with Gasteiger partial charge >= 0.3 is 0 Å². The lowest BCUT2D eigenvalue weighted by molar-refractivity contribution is -0.122. The second kappa shape index (κ2) is 17.3. The third-order valence-electron chi connectivity index (χ3n) is 5.71. The monoisotopic (exact) mass is 379 g/mol. The first kappa shape index (κ1) is 24.2. The van der Waals surface area contributed by atoms with Crippen LogP contribution in [0.15, 0.2) is 12.2 Å². The Morgan fingerprint density at radius 3 is 2.44 bits per heavy atom. The Labute approximate surface area is 168 Å². The zero-order valence-electron chi connectivity index (χ0n) is 17.9. The number of hydrogen-bond donors (Lipinski definition) is 2. The molecule has 1 rings (SSSR count). The van der Waals surface area contributed by atoms with E-state index in [2.05, 4.69) is 24.4 Å². The fourth-order valence-electron chi connectivity index (χ4n) is 3.92. The highest BCUT2D eigenvalue weighted by molar-refractivity contribution is 5.76. The van der Waals surface area contributed by atoms with Crippen molar-refractivity contribution in [3.63, 3.8) is 0 Å². The first-order chi connectivity index (χ1) is 13.2. The molecule has 1 amide bonds. The van der Waals surface area contributed by atoms with E-state index >= 15 is 0 Å². The van der Waals surface area contributed by atoms with Crippen molar-refractivity contribution in [2.24, 2.45) is 0 Å². The van der Waals surface area contributed by atoms with Gasteiger partial charge in [-0.1, -0.05) is 83.3 Å². The van der Waals surface area contributed by atoms with Gasteiger partial charge in [0.05, 0.1) is 6.10 Å². The van der Waals surface area contributed by atoms with E-state index < -0.39 is 0 Å². The topological polar surface area (TPSA) is 49.3 Å². The molecule has 0 aromatic rings. The van der Waals surface area contributed by atoms with Crippen molar-refractivity contribution in [3.8, 4) is 0 Å². The second-order valence-electron chi connectivity index (χ2n) is 8.42. The normalized spacial score (nSPS) is 16.7. The first-order valence-corrected chi connectivity index (χ1v) is 11.8. The van der Waals surface area contributed by atoms with Crippen molar-refractivity contribution in [3.05, 3.63) is 12.2 Å². The Balaban J connectivity index is 1.84. The summed E-state index contributed by atoms with van der Waals surface area (Å²) in [5.41, 5.74) is 0. The molecule has 1 atom stereocenters. The number of aliphatic hydroxyl groups excluding tert-OH is 1. The van der Waals surface area contributed by atoms with E-state index in [0.29, 0.717) is 12.5 Å². The van der Waals surface area contributed by atoms with Gasteiger partial charge in [-0.25, -0.2) is 0 Å². The molecule has 2 N–H and O–H groups in total. The predicted octanol–water partition coefficient (Wildman–Crippen LogP) is 6.44. The van der Waals surface area contributed by atoms with Gasteiger partial charge < -0.3 is 10.4 Å². The molecule has 0 spiro atoms. The number of hydrogen-bond acceptors (Lipinski definition) is 2. The van der Waals surface area contributed by atoms with Crippen LogP contribution in [0.2, 0.25) is 0 Å². The molecule has 0 saturated heterocycles. The van der Waals surface area contributed by atoms with Crippen LogP contribution in [0.5, 0.6) is 0 Å². The standard InChI is InChI=1S/C24H45NO2/c1-2-3-4-14-19-23(26)20-15-9-7-5-6-8-10-16-21-24(27)25-22-17-12-11-13-18-22/h9,15,22-23,26H,2-8,10-14,16-21H2,1H3,(H,25,27)/b15-9-/t23-/m1/s1. The lowest BCUT2D eigenvalue weighted by Gasteiger charge is -2.22. The summed E-state index contributed by atoms with van der Waals surface area (Å²) in [5, 5.41) is 13.1. The van der Waals surface area contributed by atoms with Gasteiger partial charge in [0.1, 0.15) is 0 Å². The number of rotatable bonds is 16. The quantitative estimate of drug-likeness (QED) is 0.239. The average molecular weight is 380 g/mol. The molecule has 3 nitrogen and oxygen atoms in total. The summed E-state index contributed by atoms with van der Waals surface area (Å²) in [5.74, 6) is 0.262. The molecule has 1 aliphatic carbocycles. The maximum atomic E-state index is 11.9. The highest BCUT2D eigenvalue weighted by atomic mass is 16.3. The lowest BCUT2D eigenvalue weighted by atomic mass is 9.95. The fraction of sp³-hybridized carbons (Fsp3) is 0.875. The number of allylic oxidation sites excluding steroid dienone is 1. The number of amides is 1. The van der Waals surface area contributed by atoms with Crippen molar-refractivity contribution in [1.82, 2.24) is 5.32 Å². The Morgan fingerprint density at radius 1 is 0.963 bits per heavy atom. The molecular formula is C24H45NO2. The molecular weight excluding hydrogens is 334 g/mol. The van der Waals surface area contributed by atoms with Crippen LogP contribution >= 0.6 is 0 Å². The molecule has 1 fully saturated rings. The van der Waals surface area contributed by atoms with Crippen LogP contribution in [-0.2, 0) is 4.79 Å². The maximum absolute atomic E-state index is 11.9. The van der Waals surface area contributed by atoms with Crippen LogP contribution in [0.3, 0.4) is 0 Å². The molecule has 0 aromatic carbocycles. The average Bonchev–Trinajstić information content (AvgIpc) is 2.67. The largest absolute Gasteiger partial charge is 0.393 e. The third kappa shape index (κ3) is 14.8. The zero-order valence-corrected chi connectivity index (χ0v) is 17.9. The molecule has 158 valence electrons. The Morgan fingerprint density at radius 2 is 1.67 bits per heavy atom. The van der Waals surface area contributed by atoms with E-state index in [4.69, 9.17) is 0 Å². The van der Waals surface area contributed by atoms with E-state index in [9.17, 15) is 9.90 Å². The van der Waals surface area contributed by atoms with Crippen molar-refractivity contribution < 1.29 is 9.90 Å². The van der Waals surface area contributed by atoms with Gasteiger partial charge in [-0.15, -0.1) is 0 Å². The van der Waals surface area contributed by atoms with E-state index in [1.165, 1.54) is 70.6 Å². The van der Waals surface area contributed by atoms with E-state index in [-0.39, 0.29) is 12.0 Å². The summed E-state index contributed by atoms with van der Waals surface area (Å²) in [4.78, 5) is 11.9. The van der Waals surface area contributed by atoms with Gasteiger partial charge in [0, 0.05) is 12.5 Å². The molecule has 1 aliphatic rings. The van der Waals surface area contributed by atoms with Gasteiger partial charge in [0.2, 0.25) is 5.91 Å². The van der Waals surface area contributed by atoms with Gasteiger partial charge in [0.25, 0.3) is 0 Å². The Kier molecular flexibility index (Phi) is 15.5. The third-order valence-corrected chi connectivity index (χ3v) is 5.71. The zero-order chi connectivity index (χ0) is 19.6. The van der Waals surface area contributed by atoms with E-state index in [1.54, 1.807) is 0 Å². The first-order valence-electron chi connectivity index (χ1n) is 11.8. The highest BCUT2D eigenvalue weighted by Crippen LogP contribution is 2.17. The summed E-state index contributed by atoms with van der Waals surface area (Å²) in [6.45, 7) is 2.22. The minimum atomic E-state index is -0.155. The molecule has 0 aromatic heterocycles. The lowest BCUT2D eigenvalue weighted by Crippen LogP contribution is -2.35. The molecule has 0 radical (unpaired) electrons. The number of carbonyl (C=O) groups excluding carboxylic acids is 1. The smallest absolute Gasteiger partial charge is 0.220 e.